The summed E-state index contributed by atoms with van der Waals surface area (Å²) in [5.74, 6) is 1.28. The monoisotopic (exact) mass is 497 g/mol. The number of likely N-dealkylation sites (tertiary alicyclic amines) is 1. The second-order valence-electron chi connectivity index (χ2n) is 6.64. The Morgan fingerprint density at radius 3 is 2.50 bits per heavy atom. The second kappa shape index (κ2) is 11.1. The minimum atomic E-state index is -0.419. The number of nitrogens with zero attached hydrogens (tertiary/aromatic N) is 2. The number of primary amides is 1. The van der Waals surface area contributed by atoms with Crippen LogP contribution >= 0.6 is 24.0 Å². The zero-order valence-electron chi connectivity index (χ0n) is 16.1. The third-order valence-corrected chi connectivity index (χ3v) is 4.84. The molecule has 2 aromatic rings. The Morgan fingerprint density at radius 1 is 1.21 bits per heavy atom. The highest BCUT2D eigenvalue weighted by Crippen LogP contribution is 2.24. The Kier molecular flexibility index (Phi) is 8.78. The lowest BCUT2D eigenvalue weighted by molar-refractivity contribution is 0.100. The van der Waals surface area contributed by atoms with E-state index in [-0.39, 0.29) is 30.0 Å². The second-order valence-corrected chi connectivity index (χ2v) is 6.64. The van der Waals surface area contributed by atoms with Crippen LogP contribution < -0.4 is 16.4 Å². The first-order valence-corrected chi connectivity index (χ1v) is 9.28. The molecule has 8 heteroatoms. The summed E-state index contributed by atoms with van der Waals surface area (Å²) >= 11 is 0. The fraction of sp³-hybridized carbons (Fsp3) is 0.400. The first kappa shape index (κ1) is 22.2. The summed E-state index contributed by atoms with van der Waals surface area (Å²) in [5, 5.41) is 6.70. The highest BCUT2D eigenvalue weighted by atomic mass is 127. The minimum Gasteiger partial charge on any atom is -0.468 e. The molecule has 1 aliphatic rings. The summed E-state index contributed by atoms with van der Waals surface area (Å²) < 4.78 is 5.65. The number of hydrogen-bond acceptors (Lipinski definition) is 4. The number of carbonyl (C=O) groups excluding carboxylic acids is 1. The fourth-order valence-electron chi connectivity index (χ4n) is 3.33. The highest BCUT2D eigenvalue weighted by molar-refractivity contribution is 14.0. The van der Waals surface area contributed by atoms with Crippen molar-refractivity contribution in [3.05, 3.63) is 59.5 Å². The molecule has 1 aromatic heterocycles. The third-order valence-electron chi connectivity index (χ3n) is 4.84. The summed E-state index contributed by atoms with van der Waals surface area (Å²) in [6, 6.07) is 11.4. The van der Waals surface area contributed by atoms with Crippen molar-refractivity contribution in [1.29, 1.82) is 0 Å². The first-order valence-electron chi connectivity index (χ1n) is 9.28. The summed E-state index contributed by atoms with van der Waals surface area (Å²) in [6.45, 7) is 3.50. The van der Waals surface area contributed by atoms with E-state index in [1.54, 1.807) is 25.4 Å². The van der Waals surface area contributed by atoms with Crippen molar-refractivity contribution >= 4 is 35.8 Å². The Morgan fingerprint density at radius 2 is 1.93 bits per heavy atom. The van der Waals surface area contributed by atoms with Gasteiger partial charge in [0.25, 0.3) is 0 Å². The van der Waals surface area contributed by atoms with Gasteiger partial charge in [0.1, 0.15) is 5.76 Å². The van der Waals surface area contributed by atoms with E-state index in [1.165, 1.54) is 12.8 Å². The number of benzene rings is 1. The number of aliphatic imine (C=N–C) groups is 1. The molecule has 3 rings (SSSR count). The molecule has 1 amide bonds. The summed E-state index contributed by atoms with van der Waals surface area (Å²) in [5.41, 5.74) is 6.83. The Labute approximate surface area is 182 Å². The molecular formula is C20H28IN5O2. The van der Waals surface area contributed by atoms with Gasteiger partial charge in [0.15, 0.2) is 5.96 Å². The van der Waals surface area contributed by atoms with E-state index < -0.39 is 5.91 Å². The van der Waals surface area contributed by atoms with E-state index >= 15 is 0 Å². The van der Waals surface area contributed by atoms with E-state index in [1.807, 2.05) is 24.3 Å². The van der Waals surface area contributed by atoms with Crippen LogP contribution in [0.5, 0.6) is 0 Å². The molecule has 1 aromatic carbocycles. The lowest BCUT2D eigenvalue weighted by atomic mass is 10.1. The van der Waals surface area contributed by atoms with Crippen molar-refractivity contribution in [1.82, 2.24) is 15.5 Å². The minimum absolute atomic E-state index is 0. The largest absolute Gasteiger partial charge is 0.468 e. The first-order chi connectivity index (χ1) is 13.2. The van der Waals surface area contributed by atoms with Gasteiger partial charge in [-0.15, -0.1) is 24.0 Å². The van der Waals surface area contributed by atoms with Crippen molar-refractivity contribution in [3.63, 3.8) is 0 Å². The molecule has 1 atom stereocenters. The van der Waals surface area contributed by atoms with Gasteiger partial charge in [0.05, 0.1) is 12.3 Å². The van der Waals surface area contributed by atoms with Gasteiger partial charge in [0, 0.05) is 25.7 Å². The van der Waals surface area contributed by atoms with E-state index in [2.05, 4.69) is 20.5 Å². The molecule has 2 heterocycles. The molecule has 0 spiro atoms. The molecule has 1 fully saturated rings. The average Bonchev–Trinajstić information content (AvgIpc) is 3.39. The number of rotatable bonds is 7. The van der Waals surface area contributed by atoms with Crippen LogP contribution in [0.4, 0.5) is 0 Å². The number of amides is 1. The maximum atomic E-state index is 11.1. The third kappa shape index (κ3) is 5.96. The van der Waals surface area contributed by atoms with Crippen LogP contribution in [0, 0.1) is 0 Å². The Bertz CT molecular complexity index is 755. The Balaban J connectivity index is 0.00000280. The van der Waals surface area contributed by atoms with Gasteiger partial charge in [-0.05, 0) is 55.8 Å². The number of furan rings is 1. The molecular weight excluding hydrogens is 469 g/mol. The van der Waals surface area contributed by atoms with Crippen molar-refractivity contribution in [3.8, 4) is 0 Å². The summed E-state index contributed by atoms with van der Waals surface area (Å²) in [6.07, 6.45) is 4.18. The van der Waals surface area contributed by atoms with Gasteiger partial charge in [-0.25, -0.2) is 0 Å². The smallest absolute Gasteiger partial charge is 0.248 e. The molecule has 152 valence electrons. The quantitative estimate of drug-likeness (QED) is 0.311. The molecule has 1 saturated heterocycles. The molecule has 28 heavy (non-hydrogen) atoms. The van der Waals surface area contributed by atoms with Crippen LogP contribution in [0.25, 0.3) is 0 Å². The summed E-state index contributed by atoms with van der Waals surface area (Å²) in [7, 11) is 1.75. The van der Waals surface area contributed by atoms with Crippen LogP contribution in [-0.2, 0) is 6.54 Å². The van der Waals surface area contributed by atoms with Crippen molar-refractivity contribution in [2.45, 2.75) is 25.4 Å². The zero-order chi connectivity index (χ0) is 19.1. The standard InChI is InChI=1S/C20H27N5O2.HI/c1-22-20(23-13-15-6-8-16(9-7-15)19(21)26)24-14-17(18-5-4-12-27-18)25-10-2-3-11-25;/h4-9,12,17H,2-3,10-11,13-14H2,1H3,(H2,21,26)(H2,22,23,24);1H. The van der Waals surface area contributed by atoms with Crippen molar-refractivity contribution in [2.75, 3.05) is 26.7 Å². The predicted molar refractivity (Wildman–Crippen MR) is 121 cm³/mol. The van der Waals surface area contributed by atoms with Gasteiger partial charge in [-0.2, -0.15) is 0 Å². The molecule has 0 saturated carbocycles. The van der Waals surface area contributed by atoms with E-state index in [0.29, 0.717) is 18.7 Å². The van der Waals surface area contributed by atoms with Crippen molar-refractivity contribution < 1.29 is 9.21 Å². The Hall–Kier alpha value is -2.07. The van der Waals surface area contributed by atoms with Gasteiger partial charge in [-0.1, -0.05) is 12.1 Å². The predicted octanol–water partition coefficient (Wildman–Crippen LogP) is 2.50. The molecule has 0 aliphatic carbocycles. The molecule has 0 bridgehead atoms. The normalized spacial score (nSPS) is 15.7. The van der Waals surface area contributed by atoms with E-state index in [9.17, 15) is 4.79 Å². The van der Waals surface area contributed by atoms with E-state index in [0.717, 1.165) is 30.4 Å². The van der Waals surface area contributed by atoms with Crippen LogP contribution in [0.1, 0.15) is 40.6 Å². The summed E-state index contributed by atoms with van der Waals surface area (Å²) in [4.78, 5) is 17.9. The number of guanidine groups is 1. The number of nitrogens with two attached hydrogens (primary N) is 1. The number of halogens is 1. The topological polar surface area (TPSA) is 95.9 Å². The molecule has 0 radical (unpaired) electrons. The molecule has 1 aliphatic heterocycles. The highest BCUT2D eigenvalue weighted by Gasteiger charge is 2.25. The molecule has 1 unspecified atom stereocenters. The van der Waals surface area contributed by atoms with Gasteiger partial charge < -0.3 is 20.8 Å². The van der Waals surface area contributed by atoms with Gasteiger partial charge in [0.2, 0.25) is 5.91 Å². The number of nitrogens with one attached hydrogen (secondary N) is 2. The number of hydrogen-bond donors (Lipinski definition) is 3. The average molecular weight is 497 g/mol. The molecule has 7 nitrogen and oxygen atoms in total. The van der Waals surface area contributed by atoms with Crippen LogP contribution in [0.3, 0.4) is 0 Å². The van der Waals surface area contributed by atoms with Crippen molar-refractivity contribution in [2.24, 2.45) is 10.7 Å². The van der Waals surface area contributed by atoms with Gasteiger partial charge >= 0.3 is 0 Å². The lowest BCUT2D eigenvalue weighted by Gasteiger charge is -2.26. The van der Waals surface area contributed by atoms with Crippen LogP contribution in [0.15, 0.2) is 52.1 Å². The van der Waals surface area contributed by atoms with E-state index in [4.69, 9.17) is 10.2 Å². The van der Waals surface area contributed by atoms with Crippen LogP contribution in [-0.4, -0.2) is 43.4 Å². The van der Waals surface area contributed by atoms with Gasteiger partial charge in [-0.3, -0.25) is 14.7 Å². The SMILES string of the molecule is CN=C(NCc1ccc(C(N)=O)cc1)NCC(c1ccco1)N1CCCC1.I. The number of carbonyl (C=O) groups is 1. The maximum Gasteiger partial charge on any atom is 0.248 e. The van der Waals surface area contributed by atoms with Crippen LogP contribution in [0.2, 0.25) is 0 Å². The maximum absolute atomic E-state index is 11.1. The molecule has 4 N–H and O–H groups in total. The fourth-order valence-corrected chi connectivity index (χ4v) is 3.33. The zero-order valence-corrected chi connectivity index (χ0v) is 18.4. The lowest BCUT2D eigenvalue weighted by Crippen LogP contribution is -2.42.